The first-order chi connectivity index (χ1) is 26.6. The Labute approximate surface area is 339 Å². The van der Waals surface area contributed by atoms with Gasteiger partial charge < -0.3 is 14.2 Å². The highest BCUT2D eigenvalue weighted by atomic mass is 16.6. The van der Waals surface area contributed by atoms with Crippen LogP contribution in [0.1, 0.15) is 259 Å². The Morgan fingerprint density at radius 3 is 1.43 bits per heavy atom. The minimum Gasteiger partial charge on any atom is -0.379 e. The van der Waals surface area contributed by atoms with Crippen molar-refractivity contribution in [2.75, 3.05) is 13.2 Å². The second-order valence-electron chi connectivity index (χ2n) is 19.2. The molecule has 0 N–H and O–H groups in total. The number of unbranched alkanes of at least 4 members (excludes halogenated alkanes) is 18. The van der Waals surface area contributed by atoms with Crippen LogP contribution < -0.4 is 0 Å². The minimum absolute atomic E-state index is 0.428. The van der Waals surface area contributed by atoms with Crippen molar-refractivity contribution in [2.45, 2.75) is 284 Å². The summed E-state index contributed by atoms with van der Waals surface area (Å²) in [6.07, 6.45) is 53.0. The summed E-state index contributed by atoms with van der Waals surface area (Å²) < 4.78 is 17.3. The zero-order valence-electron chi connectivity index (χ0n) is 37.6. The summed E-state index contributed by atoms with van der Waals surface area (Å²) in [6.45, 7) is 12.9. The molecule has 9 atom stereocenters. The molecule has 2 aliphatic heterocycles. The molecular weight excluding hydrogens is 661 g/mol. The Bertz CT molecular complexity index is 830. The maximum atomic E-state index is 5.89. The van der Waals surface area contributed by atoms with E-state index in [1.54, 1.807) is 0 Å². The third-order valence-corrected chi connectivity index (χ3v) is 14.5. The van der Waals surface area contributed by atoms with Crippen molar-refractivity contribution < 1.29 is 14.2 Å². The van der Waals surface area contributed by atoms with Gasteiger partial charge in [-0.3, -0.25) is 0 Å². The Balaban J connectivity index is 0.00000385. The summed E-state index contributed by atoms with van der Waals surface area (Å²) in [5.41, 5.74) is 0. The molecule has 2 heterocycles. The lowest BCUT2D eigenvalue weighted by atomic mass is 9.75. The average molecular weight is 759 g/mol. The molecular formula is C51H98O3. The van der Waals surface area contributed by atoms with Gasteiger partial charge in [0, 0.05) is 12.5 Å². The van der Waals surface area contributed by atoms with E-state index in [0.717, 1.165) is 49.2 Å². The molecule has 0 aromatic rings. The monoisotopic (exact) mass is 759 g/mol. The molecule has 0 bridgehead atoms. The quantitative estimate of drug-likeness (QED) is 0.0476. The molecule has 0 radical (unpaired) electrons. The van der Waals surface area contributed by atoms with Gasteiger partial charge in [0.2, 0.25) is 0 Å². The van der Waals surface area contributed by atoms with Gasteiger partial charge in [-0.2, -0.15) is 0 Å². The molecule has 4 rings (SSSR count). The maximum Gasteiger partial charge on any atom is 0.0844 e. The smallest absolute Gasteiger partial charge is 0.0844 e. The van der Waals surface area contributed by atoms with Crippen LogP contribution in [0.4, 0.5) is 0 Å². The lowest BCUT2D eigenvalue weighted by Gasteiger charge is -2.43. The topological polar surface area (TPSA) is 31.0 Å². The Kier molecular flexibility index (Phi) is 28.4. The molecule has 2 saturated carbocycles. The van der Waals surface area contributed by atoms with Crippen LogP contribution in [0.3, 0.4) is 0 Å². The maximum absolute atomic E-state index is 5.89. The van der Waals surface area contributed by atoms with Gasteiger partial charge in [0.1, 0.15) is 0 Å². The van der Waals surface area contributed by atoms with Gasteiger partial charge in [-0.25, -0.2) is 0 Å². The second-order valence-corrected chi connectivity index (χ2v) is 19.2. The highest BCUT2D eigenvalue weighted by Crippen LogP contribution is 2.41. The average Bonchev–Trinajstić information content (AvgIpc) is 3.96. The fourth-order valence-electron chi connectivity index (χ4n) is 10.3. The van der Waals surface area contributed by atoms with Gasteiger partial charge in [-0.15, -0.1) is 0 Å². The second kappa shape index (κ2) is 31.8. The number of rotatable bonds is 35. The summed E-state index contributed by atoms with van der Waals surface area (Å²) in [4.78, 5) is 0. The number of fused-ring (bicyclic) bond motifs is 2. The molecule has 320 valence electrons. The number of ether oxygens (including phenoxy) is 3. The van der Waals surface area contributed by atoms with Crippen molar-refractivity contribution in [2.24, 2.45) is 29.6 Å². The Hall–Kier alpha value is -0.120. The molecule has 3 nitrogen and oxygen atoms in total. The first kappa shape index (κ1) is 48.3. The highest BCUT2D eigenvalue weighted by molar-refractivity contribution is 4.91. The molecule has 4 aliphatic rings. The van der Waals surface area contributed by atoms with Crippen molar-refractivity contribution in [3.8, 4) is 0 Å². The Morgan fingerprint density at radius 1 is 0.500 bits per heavy atom. The minimum atomic E-state index is 0.428. The summed E-state index contributed by atoms with van der Waals surface area (Å²) in [7, 11) is 0. The SMILES string of the molecule is CC.CCC(C)OCCC(C)CCCCCCCCCC(CCCCCCCCCC1CCC2OCC2C1)CCCCCCCCCC1CCC2OC2C1. The van der Waals surface area contributed by atoms with E-state index < -0.39 is 0 Å². The zero-order chi connectivity index (χ0) is 38.5. The van der Waals surface area contributed by atoms with E-state index in [4.69, 9.17) is 14.2 Å². The van der Waals surface area contributed by atoms with Gasteiger partial charge in [0.15, 0.2) is 0 Å². The molecule has 2 aliphatic carbocycles. The van der Waals surface area contributed by atoms with E-state index in [0.29, 0.717) is 24.4 Å². The predicted molar refractivity (Wildman–Crippen MR) is 236 cm³/mol. The van der Waals surface area contributed by atoms with Gasteiger partial charge in [-0.1, -0.05) is 201 Å². The van der Waals surface area contributed by atoms with Gasteiger partial charge in [0.25, 0.3) is 0 Å². The fourth-order valence-corrected chi connectivity index (χ4v) is 10.3. The number of hydrogen-bond acceptors (Lipinski definition) is 3. The molecule has 0 aromatic carbocycles. The largest absolute Gasteiger partial charge is 0.379 e. The molecule has 3 heteroatoms. The molecule has 0 amide bonds. The third-order valence-electron chi connectivity index (χ3n) is 14.5. The van der Waals surface area contributed by atoms with Crippen LogP contribution in [0, 0.1) is 29.6 Å². The van der Waals surface area contributed by atoms with Crippen molar-refractivity contribution in [1.82, 2.24) is 0 Å². The van der Waals surface area contributed by atoms with Crippen LogP contribution in [-0.2, 0) is 14.2 Å². The van der Waals surface area contributed by atoms with Gasteiger partial charge in [-0.05, 0) is 82.0 Å². The van der Waals surface area contributed by atoms with E-state index in [2.05, 4.69) is 20.8 Å². The van der Waals surface area contributed by atoms with Crippen LogP contribution in [0.15, 0.2) is 0 Å². The lowest BCUT2D eigenvalue weighted by Crippen LogP contribution is -2.44. The molecule has 2 saturated heterocycles. The van der Waals surface area contributed by atoms with Gasteiger partial charge >= 0.3 is 0 Å². The predicted octanol–water partition coefficient (Wildman–Crippen LogP) is 16.4. The van der Waals surface area contributed by atoms with E-state index in [-0.39, 0.29) is 0 Å². The Morgan fingerprint density at radius 2 is 0.963 bits per heavy atom. The van der Waals surface area contributed by atoms with Crippen LogP contribution in [0.25, 0.3) is 0 Å². The van der Waals surface area contributed by atoms with E-state index in [1.807, 2.05) is 13.8 Å². The van der Waals surface area contributed by atoms with Crippen LogP contribution in [0.5, 0.6) is 0 Å². The van der Waals surface area contributed by atoms with Crippen LogP contribution in [-0.4, -0.2) is 37.6 Å². The first-order valence-corrected chi connectivity index (χ1v) is 25.5. The normalized spacial score (nSPS) is 26.2. The summed E-state index contributed by atoms with van der Waals surface area (Å²) in [5, 5.41) is 0. The number of hydrogen-bond donors (Lipinski definition) is 0. The summed E-state index contributed by atoms with van der Waals surface area (Å²) in [5.74, 6) is 4.75. The lowest BCUT2D eigenvalue weighted by molar-refractivity contribution is -0.144. The van der Waals surface area contributed by atoms with Crippen molar-refractivity contribution in [1.29, 1.82) is 0 Å². The third kappa shape index (κ3) is 22.7. The molecule has 54 heavy (non-hydrogen) atoms. The standard InChI is InChI=1S/C49H92O3.C2H6/c1-4-42(3)50-37-36-41(2)26-20-14-8-5-9-15-21-27-43(29-23-17-11-7-13-19-25-31-45-33-35-48-49(39-45)52-48)28-22-16-10-6-12-18-24-30-44-32-34-47-46(38-44)40-51-47;1-2/h41-49H,4-40H2,1-3H3;1-2H3. The van der Waals surface area contributed by atoms with Crippen molar-refractivity contribution in [3.05, 3.63) is 0 Å². The molecule has 9 unspecified atom stereocenters. The summed E-state index contributed by atoms with van der Waals surface area (Å²) in [6, 6.07) is 0. The first-order valence-electron chi connectivity index (χ1n) is 25.5. The van der Waals surface area contributed by atoms with Crippen molar-refractivity contribution >= 4 is 0 Å². The van der Waals surface area contributed by atoms with E-state index >= 15 is 0 Å². The van der Waals surface area contributed by atoms with Crippen molar-refractivity contribution in [3.63, 3.8) is 0 Å². The van der Waals surface area contributed by atoms with E-state index in [1.165, 1.54) is 218 Å². The summed E-state index contributed by atoms with van der Waals surface area (Å²) >= 11 is 0. The molecule has 0 spiro atoms. The van der Waals surface area contributed by atoms with Crippen LogP contribution in [0.2, 0.25) is 0 Å². The fraction of sp³-hybridized carbons (Fsp3) is 1.00. The van der Waals surface area contributed by atoms with E-state index in [9.17, 15) is 0 Å². The zero-order valence-corrected chi connectivity index (χ0v) is 37.6. The number of epoxide rings is 1. The van der Waals surface area contributed by atoms with Crippen LogP contribution >= 0.6 is 0 Å². The van der Waals surface area contributed by atoms with Gasteiger partial charge in [0.05, 0.1) is 31.0 Å². The highest BCUT2D eigenvalue weighted by Gasteiger charge is 2.43. The molecule has 0 aromatic heterocycles. The molecule has 4 fully saturated rings.